The van der Waals surface area contributed by atoms with Crippen LogP contribution in [0.15, 0.2) is 54.6 Å². The van der Waals surface area contributed by atoms with Crippen molar-refractivity contribution in [1.82, 2.24) is 0 Å². The van der Waals surface area contributed by atoms with Gasteiger partial charge >= 0.3 is 5.97 Å². The molecule has 0 aliphatic rings. The number of carboxylic acids is 1. The minimum Gasteiger partial charge on any atom is -0.480 e. The smallest absolute Gasteiger partial charge is 0.323 e. The van der Waals surface area contributed by atoms with E-state index in [-0.39, 0.29) is 18.7 Å². The molecule has 0 aromatic heterocycles. The maximum absolute atomic E-state index is 12.7. The Morgan fingerprint density at radius 1 is 1.10 bits per heavy atom. The lowest BCUT2D eigenvalue weighted by atomic mass is 10.1. The van der Waals surface area contributed by atoms with Gasteiger partial charge in [-0.15, -0.1) is 0 Å². The van der Waals surface area contributed by atoms with Gasteiger partial charge in [0.25, 0.3) is 6.43 Å². The number of hydrogen-bond acceptors (Lipinski definition) is 2. The normalized spacial score (nSPS) is 10.6. The first kappa shape index (κ1) is 15.0. The van der Waals surface area contributed by atoms with Crippen LogP contribution in [0.3, 0.4) is 0 Å². The Balaban J connectivity index is 2.23. The summed E-state index contributed by atoms with van der Waals surface area (Å²) in [6.07, 6.45) is -2.53. The lowest BCUT2D eigenvalue weighted by molar-refractivity contribution is -0.135. The van der Waals surface area contributed by atoms with E-state index >= 15 is 0 Å². The molecule has 2 rings (SSSR count). The van der Waals surface area contributed by atoms with Crippen molar-refractivity contribution in [2.45, 2.75) is 13.0 Å². The number of nitrogens with zero attached hydrogens (tertiary/aromatic N) is 1. The van der Waals surface area contributed by atoms with Crippen LogP contribution in [-0.2, 0) is 11.3 Å². The number of para-hydroxylation sites is 1. The molecule has 0 saturated carbocycles. The fourth-order valence-electron chi connectivity index (χ4n) is 2.09. The van der Waals surface area contributed by atoms with Crippen LogP contribution in [0.2, 0.25) is 0 Å². The number of halogens is 2. The van der Waals surface area contributed by atoms with Gasteiger partial charge in [-0.05, 0) is 23.8 Å². The highest BCUT2D eigenvalue weighted by Crippen LogP contribution is 2.22. The Bertz CT molecular complexity index is 602. The van der Waals surface area contributed by atoms with Crippen molar-refractivity contribution in [2.75, 3.05) is 11.4 Å². The number of aliphatic carboxylic acids is 1. The van der Waals surface area contributed by atoms with Gasteiger partial charge in [-0.1, -0.05) is 36.4 Å². The molecule has 0 fully saturated rings. The molecule has 0 spiro atoms. The summed E-state index contributed by atoms with van der Waals surface area (Å²) in [5.41, 5.74) is 1.33. The summed E-state index contributed by atoms with van der Waals surface area (Å²) in [7, 11) is 0. The number of anilines is 1. The molecular formula is C16H15F2NO2. The van der Waals surface area contributed by atoms with Crippen molar-refractivity contribution in [2.24, 2.45) is 0 Å². The van der Waals surface area contributed by atoms with Crippen molar-refractivity contribution in [3.63, 3.8) is 0 Å². The van der Waals surface area contributed by atoms with Crippen LogP contribution in [0.25, 0.3) is 0 Å². The summed E-state index contributed by atoms with van der Waals surface area (Å²) in [6.45, 7) is 0.0692. The second kappa shape index (κ2) is 6.83. The molecule has 0 saturated heterocycles. The molecule has 0 heterocycles. The number of alkyl halides is 2. The molecule has 2 aromatic rings. The Kier molecular flexibility index (Phi) is 4.87. The maximum atomic E-state index is 12.7. The van der Waals surface area contributed by atoms with Gasteiger partial charge < -0.3 is 10.0 Å². The molecule has 1 N–H and O–H groups in total. The summed E-state index contributed by atoms with van der Waals surface area (Å²) >= 11 is 0. The van der Waals surface area contributed by atoms with Gasteiger partial charge in [-0.2, -0.15) is 0 Å². The molecule has 0 unspecified atom stereocenters. The minimum atomic E-state index is -2.53. The van der Waals surface area contributed by atoms with Gasteiger partial charge in [0, 0.05) is 17.8 Å². The summed E-state index contributed by atoms with van der Waals surface area (Å²) < 4.78 is 25.4. The molecule has 0 amide bonds. The van der Waals surface area contributed by atoms with E-state index in [4.69, 9.17) is 5.11 Å². The number of carboxylic acid groups (broad SMARTS) is 1. The van der Waals surface area contributed by atoms with E-state index < -0.39 is 12.4 Å². The first-order valence-corrected chi connectivity index (χ1v) is 6.45. The Hall–Kier alpha value is -2.43. The van der Waals surface area contributed by atoms with Crippen molar-refractivity contribution in [3.05, 3.63) is 65.7 Å². The molecule has 0 bridgehead atoms. The molecule has 2 aromatic carbocycles. The van der Waals surface area contributed by atoms with Gasteiger partial charge in [0.05, 0.1) is 0 Å². The first-order chi connectivity index (χ1) is 10.1. The van der Waals surface area contributed by atoms with Gasteiger partial charge in [0.2, 0.25) is 0 Å². The molecular weight excluding hydrogens is 276 g/mol. The number of carbonyl (C=O) groups is 1. The number of rotatable bonds is 6. The molecule has 5 heteroatoms. The van der Waals surface area contributed by atoms with E-state index in [0.29, 0.717) is 5.56 Å². The average Bonchev–Trinajstić information content (AvgIpc) is 2.47. The van der Waals surface area contributed by atoms with Crippen LogP contribution < -0.4 is 4.90 Å². The monoisotopic (exact) mass is 291 g/mol. The fraction of sp³-hybridized carbons (Fsp3) is 0.188. The fourth-order valence-corrected chi connectivity index (χ4v) is 2.09. The van der Waals surface area contributed by atoms with Crippen molar-refractivity contribution >= 4 is 11.7 Å². The predicted octanol–water partition coefficient (Wildman–Crippen LogP) is 3.72. The van der Waals surface area contributed by atoms with Crippen LogP contribution in [0.1, 0.15) is 17.6 Å². The maximum Gasteiger partial charge on any atom is 0.323 e. The lowest BCUT2D eigenvalue weighted by Crippen LogP contribution is -2.29. The van der Waals surface area contributed by atoms with Gasteiger partial charge in [0.15, 0.2) is 0 Å². The van der Waals surface area contributed by atoms with Crippen molar-refractivity contribution in [3.8, 4) is 0 Å². The van der Waals surface area contributed by atoms with Gasteiger partial charge in [0.1, 0.15) is 6.54 Å². The number of hydrogen-bond donors (Lipinski definition) is 1. The van der Waals surface area contributed by atoms with Crippen LogP contribution in [-0.4, -0.2) is 17.6 Å². The van der Waals surface area contributed by atoms with Gasteiger partial charge in [-0.3, -0.25) is 4.79 Å². The van der Waals surface area contributed by atoms with E-state index in [2.05, 4.69) is 0 Å². The zero-order chi connectivity index (χ0) is 15.2. The van der Waals surface area contributed by atoms with Gasteiger partial charge in [-0.25, -0.2) is 8.78 Å². The summed E-state index contributed by atoms with van der Waals surface area (Å²) in [6, 6.07) is 15.1. The third-order valence-corrected chi connectivity index (χ3v) is 3.02. The number of benzene rings is 2. The minimum absolute atomic E-state index is 0.0594. The van der Waals surface area contributed by atoms with Crippen LogP contribution >= 0.6 is 0 Å². The summed E-state index contributed by atoms with van der Waals surface area (Å²) in [4.78, 5) is 12.6. The Labute approximate surface area is 121 Å². The summed E-state index contributed by atoms with van der Waals surface area (Å²) in [5.74, 6) is -0.969. The van der Waals surface area contributed by atoms with E-state index in [1.165, 1.54) is 12.1 Å². The highest BCUT2D eigenvalue weighted by molar-refractivity contribution is 5.73. The van der Waals surface area contributed by atoms with Crippen molar-refractivity contribution in [1.29, 1.82) is 0 Å². The van der Waals surface area contributed by atoms with Crippen LogP contribution in [0.5, 0.6) is 0 Å². The Morgan fingerprint density at radius 3 is 2.43 bits per heavy atom. The van der Waals surface area contributed by atoms with E-state index in [9.17, 15) is 13.6 Å². The second-order valence-electron chi connectivity index (χ2n) is 4.63. The van der Waals surface area contributed by atoms with Crippen LogP contribution in [0, 0.1) is 0 Å². The molecule has 0 aliphatic heterocycles. The quantitative estimate of drug-likeness (QED) is 0.882. The Morgan fingerprint density at radius 2 is 1.81 bits per heavy atom. The molecule has 0 aliphatic carbocycles. The third kappa shape index (κ3) is 4.27. The predicted molar refractivity (Wildman–Crippen MR) is 76.5 cm³/mol. The van der Waals surface area contributed by atoms with E-state index in [1.54, 1.807) is 41.3 Å². The second-order valence-corrected chi connectivity index (χ2v) is 4.63. The topological polar surface area (TPSA) is 40.5 Å². The van der Waals surface area contributed by atoms with Crippen LogP contribution in [0.4, 0.5) is 14.5 Å². The van der Waals surface area contributed by atoms with E-state index in [0.717, 1.165) is 5.69 Å². The lowest BCUT2D eigenvalue weighted by Gasteiger charge is -2.23. The summed E-state index contributed by atoms with van der Waals surface area (Å²) in [5, 5.41) is 9.00. The SMILES string of the molecule is O=C(O)CN(Cc1cccc(C(F)F)c1)c1ccccc1. The molecule has 3 nitrogen and oxygen atoms in total. The van der Waals surface area contributed by atoms with Crippen molar-refractivity contribution < 1.29 is 18.7 Å². The highest BCUT2D eigenvalue weighted by atomic mass is 19.3. The molecule has 0 radical (unpaired) electrons. The molecule has 110 valence electrons. The molecule has 0 atom stereocenters. The average molecular weight is 291 g/mol. The zero-order valence-corrected chi connectivity index (χ0v) is 11.2. The third-order valence-electron chi connectivity index (χ3n) is 3.02. The van der Waals surface area contributed by atoms with E-state index in [1.807, 2.05) is 6.07 Å². The first-order valence-electron chi connectivity index (χ1n) is 6.45. The molecule has 21 heavy (non-hydrogen) atoms. The highest BCUT2D eigenvalue weighted by Gasteiger charge is 2.13. The standard InChI is InChI=1S/C16H15F2NO2/c17-16(18)13-6-4-5-12(9-13)10-19(11-15(20)21)14-7-2-1-3-8-14/h1-9,16H,10-11H2,(H,20,21). The zero-order valence-electron chi connectivity index (χ0n) is 11.2. The largest absolute Gasteiger partial charge is 0.480 e.